The first-order valence-electron chi connectivity index (χ1n) is 7.66. The number of benzene rings is 1. The lowest BCUT2D eigenvalue weighted by Gasteiger charge is -2.20. The summed E-state index contributed by atoms with van der Waals surface area (Å²) in [5, 5.41) is 5.75. The molecular formula is C17H27N3O2. The van der Waals surface area contributed by atoms with Crippen LogP contribution >= 0.6 is 0 Å². The third-order valence-corrected chi connectivity index (χ3v) is 3.48. The normalized spacial score (nSPS) is 11.1. The van der Waals surface area contributed by atoms with E-state index in [1.54, 1.807) is 0 Å². The zero-order valence-corrected chi connectivity index (χ0v) is 14.1. The largest absolute Gasteiger partial charge is 0.351 e. The number of carbonyl (C=O) groups is 2. The third-order valence-electron chi connectivity index (χ3n) is 3.48. The molecule has 22 heavy (non-hydrogen) atoms. The Kier molecular flexibility index (Phi) is 7.05. The number of anilines is 1. The molecule has 0 spiro atoms. The van der Waals surface area contributed by atoms with Crippen LogP contribution < -0.4 is 10.6 Å². The van der Waals surface area contributed by atoms with Crippen molar-refractivity contribution in [1.29, 1.82) is 0 Å². The van der Waals surface area contributed by atoms with Gasteiger partial charge in [-0.15, -0.1) is 0 Å². The Balaban J connectivity index is 2.53. The number of likely N-dealkylation sites (N-methyl/N-ethyl adjacent to an activating group) is 1. The molecular weight excluding hydrogens is 278 g/mol. The topological polar surface area (TPSA) is 61.4 Å². The first kappa shape index (κ1) is 18.2. The fourth-order valence-electron chi connectivity index (χ4n) is 1.71. The summed E-state index contributed by atoms with van der Waals surface area (Å²) in [6.45, 7) is 8.63. The van der Waals surface area contributed by atoms with Crippen molar-refractivity contribution in [1.82, 2.24) is 10.2 Å². The summed E-state index contributed by atoms with van der Waals surface area (Å²) < 4.78 is 0. The Morgan fingerprint density at radius 1 is 1.18 bits per heavy atom. The van der Waals surface area contributed by atoms with E-state index in [1.807, 2.05) is 63.9 Å². The number of hydrogen-bond donors (Lipinski definition) is 2. The zero-order chi connectivity index (χ0) is 16.7. The second-order valence-corrected chi connectivity index (χ2v) is 6.13. The van der Waals surface area contributed by atoms with Crippen LogP contribution in [0.1, 0.15) is 33.3 Å². The standard InChI is InChI=1S/C17H27N3O2/c1-12(2)17(22)19-15-8-6-7-14(9-15)10-18-16(21)11-20(5)13(3)4/h6-9,12-13H,10-11H2,1-5H3,(H,18,21)(H,19,22). The molecule has 0 heterocycles. The van der Waals surface area contributed by atoms with Crippen molar-refractivity contribution in [2.75, 3.05) is 18.9 Å². The maximum absolute atomic E-state index is 11.9. The quantitative estimate of drug-likeness (QED) is 0.812. The van der Waals surface area contributed by atoms with E-state index in [2.05, 4.69) is 10.6 Å². The van der Waals surface area contributed by atoms with Crippen molar-refractivity contribution in [2.45, 2.75) is 40.3 Å². The van der Waals surface area contributed by atoms with Crippen LogP contribution in [0.15, 0.2) is 24.3 Å². The highest BCUT2D eigenvalue weighted by Gasteiger charge is 2.10. The van der Waals surface area contributed by atoms with Gasteiger partial charge >= 0.3 is 0 Å². The SMILES string of the molecule is CC(C)C(=O)Nc1cccc(CNC(=O)CN(C)C(C)C)c1. The number of carbonyl (C=O) groups excluding carboxylic acids is 2. The molecule has 0 aliphatic heterocycles. The zero-order valence-electron chi connectivity index (χ0n) is 14.1. The highest BCUT2D eigenvalue weighted by Crippen LogP contribution is 2.12. The summed E-state index contributed by atoms with van der Waals surface area (Å²) >= 11 is 0. The van der Waals surface area contributed by atoms with Crippen LogP contribution in [-0.4, -0.2) is 36.3 Å². The molecule has 0 fully saturated rings. The lowest BCUT2D eigenvalue weighted by atomic mass is 10.1. The van der Waals surface area contributed by atoms with E-state index in [-0.39, 0.29) is 17.7 Å². The number of rotatable bonds is 7. The van der Waals surface area contributed by atoms with Gasteiger partial charge in [-0.1, -0.05) is 26.0 Å². The molecule has 2 N–H and O–H groups in total. The van der Waals surface area contributed by atoms with Gasteiger partial charge in [-0.2, -0.15) is 0 Å². The van der Waals surface area contributed by atoms with Crippen LogP contribution in [0.3, 0.4) is 0 Å². The maximum Gasteiger partial charge on any atom is 0.234 e. The molecule has 0 aliphatic carbocycles. The van der Waals surface area contributed by atoms with E-state index in [4.69, 9.17) is 0 Å². The van der Waals surface area contributed by atoms with E-state index in [0.717, 1.165) is 11.3 Å². The van der Waals surface area contributed by atoms with E-state index < -0.39 is 0 Å². The van der Waals surface area contributed by atoms with Crippen molar-refractivity contribution in [3.8, 4) is 0 Å². The first-order chi connectivity index (χ1) is 10.3. The van der Waals surface area contributed by atoms with Gasteiger partial charge in [0.25, 0.3) is 0 Å². The Hall–Kier alpha value is -1.88. The lowest BCUT2D eigenvalue weighted by molar-refractivity contribution is -0.122. The highest BCUT2D eigenvalue weighted by atomic mass is 16.2. The first-order valence-corrected chi connectivity index (χ1v) is 7.66. The minimum Gasteiger partial charge on any atom is -0.351 e. The molecule has 122 valence electrons. The maximum atomic E-state index is 11.9. The number of nitrogens with zero attached hydrogens (tertiary/aromatic N) is 1. The fourth-order valence-corrected chi connectivity index (χ4v) is 1.71. The van der Waals surface area contributed by atoms with Gasteiger partial charge in [0.15, 0.2) is 0 Å². The van der Waals surface area contributed by atoms with Gasteiger partial charge in [-0.25, -0.2) is 0 Å². The number of nitrogens with one attached hydrogen (secondary N) is 2. The highest BCUT2D eigenvalue weighted by molar-refractivity contribution is 5.92. The molecule has 0 atom stereocenters. The predicted octanol–water partition coefficient (Wildman–Crippen LogP) is 2.24. The van der Waals surface area contributed by atoms with Crippen molar-refractivity contribution < 1.29 is 9.59 Å². The van der Waals surface area contributed by atoms with Crippen LogP contribution in [-0.2, 0) is 16.1 Å². The molecule has 5 heteroatoms. The van der Waals surface area contributed by atoms with E-state index in [0.29, 0.717) is 19.1 Å². The summed E-state index contributed by atoms with van der Waals surface area (Å²) in [6, 6.07) is 7.86. The Morgan fingerprint density at radius 2 is 1.86 bits per heavy atom. The second-order valence-electron chi connectivity index (χ2n) is 6.13. The van der Waals surface area contributed by atoms with Crippen molar-refractivity contribution >= 4 is 17.5 Å². The summed E-state index contributed by atoms with van der Waals surface area (Å²) in [6.07, 6.45) is 0. The molecule has 0 saturated carbocycles. The summed E-state index contributed by atoms with van der Waals surface area (Å²) in [7, 11) is 1.92. The smallest absolute Gasteiger partial charge is 0.234 e. The molecule has 0 unspecified atom stereocenters. The second kappa shape index (κ2) is 8.54. The van der Waals surface area contributed by atoms with E-state index >= 15 is 0 Å². The molecule has 0 saturated heterocycles. The molecule has 0 aromatic heterocycles. The van der Waals surface area contributed by atoms with Crippen molar-refractivity contribution in [3.05, 3.63) is 29.8 Å². The van der Waals surface area contributed by atoms with Crippen LogP contribution in [0.25, 0.3) is 0 Å². The summed E-state index contributed by atoms with van der Waals surface area (Å²) in [4.78, 5) is 25.5. The van der Waals surface area contributed by atoms with E-state index in [1.165, 1.54) is 0 Å². The van der Waals surface area contributed by atoms with Gasteiger partial charge in [-0.3, -0.25) is 14.5 Å². The predicted molar refractivity (Wildman–Crippen MR) is 89.5 cm³/mol. The summed E-state index contributed by atoms with van der Waals surface area (Å²) in [5.41, 5.74) is 1.71. The van der Waals surface area contributed by atoms with Gasteiger partial charge in [0.2, 0.25) is 11.8 Å². The molecule has 0 bridgehead atoms. The Morgan fingerprint density at radius 3 is 2.45 bits per heavy atom. The van der Waals surface area contributed by atoms with Crippen molar-refractivity contribution in [3.63, 3.8) is 0 Å². The van der Waals surface area contributed by atoms with Crippen molar-refractivity contribution in [2.24, 2.45) is 5.92 Å². The van der Waals surface area contributed by atoms with Crippen LogP contribution in [0.4, 0.5) is 5.69 Å². The fraction of sp³-hybridized carbons (Fsp3) is 0.529. The number of amides is 2. The average molecular weight is 305 g/mol. The minimum absolute atomic E-state index is 0.00665. The molecule has 1 aromatic carbocycles. The average Bonchev–Trinajstić information content (AvgIpc) is 2.45. The lowest BCUT2D eigenvalue weighted by Crippen LogP contribution is -2.38. The van der Waals surface area contributed by atoms with E-state index in [9.17, 15) is 9.59 Å². The molecule has 0 aliphatic rings. The number of hydrogen-bond acceptors (Lipinski definition) is 3. The van der Waals surface area contributed by atoms with Crippen LogP contribution in [0.2, 0.25) is 0 Å². The molecule has 1 rings (SSSR count). The summed E-state index contributed by atoms with van der Waals surface area (Å²) in [5.74, 6) is -0.0810. The molecule has 1 aromatic rings. The Bertz CT molecular complexity index is 512. The Labute approximate surface area is 133 Å². The van der Waals surface area contributed by atoms with Gasteiger partial charge in [0, 0.05) is 24.2 Å². The monoisotopic (exact) mass is 305 g/mol. The third kappa shape index (κ3) is 6.26. The van der Waals surface area contributed by atoms with Crippen LogP contribution in [0, 0.1) is 5.92 Å². The molecule has 2 amide bonds. The van der Waals surface area contributed by atoms with Gasteiger partial charge in [-0.05, 0) is 38.6 Å². The van der Waals surface area contributed by atoms with Crippen LogP contribution in [0.5, 0.6) is 0 Å². The van der Waals surface area contributed by atoms with Gasteiger partial charge in [0.1, 0.15) is 0 Å². The van der Waals surface area contributed by atoms with Gasteiger partial charge < -0.3 is 10.6 Å². The molecule has 0 radical (unpaired) electrons. The minimum atomic E-state index is -0.0603. The van der Waals surface area contributed by atoms with Gasteiger partial charge in [0.05, 0.1) is 6.54 Å². The molecule has 5 nitrogen and oxygen atoms in total.